The number of hydrogen-bond donors (Lipinski definition) is 1. The number of nitrogens with one attached hydrogen (secondary N) is 1. The molecule has 0 saturated heterocycles. The molecular formula is C41H46N2O3. The normalized spacial score (nSPS) is 19.8. The smallest absolute Gasteiger partial charge is 0.336 e. The van der Waals surface area contributed by atoms with E-state index in [-0.39, 0.29) is 23.3 Å². The summed E-state index contributed by atoms with van der Waals surface area (Å²) in [5.41, 5.74) is 1.08. The van der Waals surface area contributed by atoms with Gasteiger partial charge in [0.25, 0.3) is 5.91 Å². The average Bonchev–Trinajstić information content (AvgIpc) is 3.08. The molecule has 1 aliphatic carbocycles. The molecule has 0 spiro atoms. The second-order valence-corrected chi connectivity index (χ2v) is 13.3. The van der Waals surface area contributed by atoms with Crippen molar-refractivity contribution in [2.45, 2.75) is 69.9 Å². The van der Waals surface area contributed by atoms with E-state index in [1.807, 2.05) is 54.7 Å². The molecule has 0 radical (unpaired) electrons. The summed E-state index contributed by atoms with van der Waals surface area (Å²) in [6.07, 6.45) is 6.76. The van der Waals surface area contributed by atoms with Gasteiger partial charge >= 0.3 is 5.97 Å². The predicted molar refractivity (Wildman–Crippen MR) is 188 cm³/mol. The summed E-state index contributed by atoms with van der Waals surface area (Å²) in [5, 5.41) is 5.44. The Morgan fingerprint density at radius 3 is 2.30 bits per heavy atom. The van der Waals surface area contributed by atoms with Crippen molar-refractivity contribution in [1.29, 1.82) is 0 Å². The third kappa shape index (κ3) is 7.64. The summed E-state index contributed by atoms with van der Waals surface area (Å²) >= 11 is 0. The molecule has 4 atom stereocenters. The van der Waals surface area contributed by atoms with E-state index < -0.39 is 11.5 Å². The first kappa shape index (κ1) is 32.9. The molecule has 0 heterocycles. The number of fused-ring (bicyclic) bond motifs is 1. The molecule has 0 bridgehead atoms. The van der Waals surface area contributed by atoms with Crippen molar-refractivity contribution in [3.8, 4) is 0 Å². The van der Waals surface area contributed by atoms with Gasteiger partial charge in [0.05, 0.1) is 0 Å². The average molecular weight is 615 g/mol. The maximum atomic E-state index is 14.4. The Hall–Kier alpha value is -4.51. The minimum absolute atomic E-state index is 0.108. The number of nitrogens with zero attached hydrogens (tertiary/aromatic N) is 1. The number of carbonyl (C=O) groups is 2. The second-order valence-electron chi connectivity index (χ2n) is 13.3. The van der Waals surface area contributed by atoms with Crippen LogP contribution >= 0.6 is 0 Å². The largest absolute Gasteiger partial charge is 0.460 e. The molecule has 5 nitrogen and oxygen atoms in total. The van der Waals surface area contributed by atoms with E-state index in [9.17, 15) is 9.59 Å². The van der Waals surface area contributed by atoms with Gasteiger partial charge < -0.3 is 10.1 Å². The molecule has 0 aromatic heterocycles. The van der Waals surface area contributed by atoms with E-state index in [1.54, 1.807) is 18.2 Å². The Labute approximate surface area is 273 Å². The second kappa shape index (κ2) is 14.7. The van der Waals surface area contributed by atoms with Gasteiger partial charge in [-0.3, -0.25) is 9.79 Å². The zero-order valence-corrected chi connectivity index (χ0v) is 27.3. The zero-order chi connectivity index (χ0) is 32.6. The van der Waals surface area contributed by atoms with E-state index in [0.717, 1.165) is 24.8 Å². The topological polar surface area (TPSA) is 67.8 Å². The molecule has 5 heteroatoms. The van der Waals surface area contributed by atoms with E-state index in [2.05, 4.69) is 80.1 Å². The molecule has 5 rings (SSSR count). The molecule has 1 amide bonds. The maximum Gasteiger partial charge on any atom is 0.336 e. The van der Waals surface area contributed by atoms with Crippen molar-refractivity contribution in [2.24, 2.45) is 16.8 Å². The van der Waals surface area contributed by atoms with Crippen LogP contribution in [0.5, 0.6) is 0 Å². The molecule has 1 fully saturated rings. The first-order chi connectivity index (χ1) is 22.2. The summed E-state index contributed by atoms with van der Waals surface area (Å²) in [6.45, 7) is 11.3. The Balaban J connectivity index is 1.39. The van der Waals surface area contributed by atoms with Crippen LogP contribution < -0.4 is 5.32 Å². The third-order valence-corrected chi connectivity index (χ3v) is 9.72. The quantitative estimate of drug-likeness (QED) is 0.0751. The number of amides is 1. The summed E-state index contributed by atoms with van der Waals surface area (Å²) < 4.78 is 6.53. The van der Waals surface area contributed by atoms with Gasteiger partial charge in [0.2, 0.25) is 0 Å². The van der Waals surface area contributed by atoms with Crippen LogP contribution in [0.25, 0.3) is 10.8 Å². The Morgan fingerprint density at radius 2 is 1.59 bits per heavy atom. The lowest BCUT2D eigenvalue weighted by Gasteiger charge is -2.45. The summed E-state index contributed by atoms with van der Waals surface area (Å²) in [7, 11) is 0. The molecule has 1 saturated carbocycles. The highest BCUT2D eigenvalue weighted by Crippen LogP contribution is 2.44. The molecule has 4 aromatic carbocycles. The van der Waals surface area contributed by atoms with Crippen molar-refractivity contribution in [1.82, 2.24) is 5.32 Å². The lowest BCUT2D eigenvalue weighted by molar-refractivity contribution is -0.162. The fourth-order valence-electron chi connectivity index (χ4n) is 6.81. The highest BCUT2D eigenvalue weighted by atomic mass is 16.5. The number of carbonyl (C=O) groups excluding carboxylic acids is 2. The van der Waals surface area contributed by atoms with Crippen LogP contribution in [0.2, 0.25) is 0 Å². The third-order valence-electron chi connectivity index (χ3n) is 9.72. The Kier molecular flexibility index (Phi) is 10.5. The van der Waals surface area contributed by atoms with Gasteiger partial charge in [0, 0.05) is 24.2 Å². The van der Waals surface area contributed by atoms with Crippen molar-refractivity contribution in [3.05, 3.63) is 132 Å². The molecule has 4 aromatic rings. The van der Waals surface area contributed by atoms with Gasteiger partial charge in [-0.15, -0.1) is 6.58 Å². The van der Waals surface area contributed by atoms with Crippen LogP contribution in [-0.4, -0.2) is 36.3 Å². The van der Waals surface area contributed by atoms with Crippen LogP contribution in [0.4, 0.5) is 0 Å². The van der Waals surface area contributed by atoms with E-state index >= 15 is 0 Å². The van der Waals surface area contributed by atoms with Crippen molar-refractivity contribution >= 4 is 28.9 Å². The Morgan fingerprint density at radius 1 is 0.913 bits per heavy atom. The van der Waals surface area contributed by atoms with Gasteiger partial charge in [-0.2, -0.15) is 0 Å². The highest BCUT2D eigenvalue weighted by Gasteiger charge is 2.46. The summed E-state index contributed by atoms with van der Waals surface area (Å²) in [4.78, 5) is 32.4. The molecule has 0 unspecified atom stereocenters. The maximum absolute atomic E-state index is 14.4. The van der Waals surface area contributed by atoms with Crippen LogP contribution in [0, 0.1) is 11.8 Å². The minimum Gasteiger partial charge on any atom is -0.460 e. The first-order valence-corrected chi connectivity index (χ1v) is 16.5. The number of rotatable bonds is 12. The summed E-state index contributed by atoms with van der Waals surface area (Å²) in [5.74, 6) is -0.269. The number of esters is 1. The van der Waals surface area contributed by atoms with Crippen LogP contribution in [0.3, 0.4) is 0 Å². The highest BCUT2D eigenvalue weighted by molar-refractivity contribution is 5.99. The van der Waals surface area contributed by atoms with Crippen molar-refractivity contribution in [2.75, 3.05) is 6.54 Å². The molecule has 1 aliphatic rings. The summed E-state index contributed by atoms with van der Waals surface area (Å²) in [6, 6.07) is 33.9. The Bertz CT molecular complexity index is 1660. The first-order valence-electron chi connectivity index (χ1n) is 16.5. The minimum atomic E-state index is -1.40. The number of aliphatic imine (C=N–C) groups is 1. The van der Waals surface area contributed by atoms with Crippen LogP contribution in [0.15, 0.2) is 121 Å². The molecule has 46 heavy (non-hydrogen) atoms. The van der Waals surface area contributed by atoms with Crippen LogP contribution in [0.1, 0.15) is 74.4 Å². The lowest BCUT2D eigenvalue weighted by Crippen LogP contribution is -2.56. The molecule has 1 N–H and O–H groups in total. The number of benzene rings is 4. The SMILES string of the molecule is C=C[C@@](CCCN=Cc1ccccc1)(NC(=O)c1ccccc1)C(=O)O[C@@H]1C[C@H](C)CC[C@H]1C(C)(C)c1ccc2ccccc2c1. The van der Waals surface area contributed by atoms with E-state index in [0.29, 0.717) is 30.9 Å². The number of ether oxygens (including phenoxy) is 1. The van der Waals surface area contributed by atoms with Gasteiger partial charge in [0.15, 0.2) is 5.54 Å². The zero-order valence-electron chi connectivity index (χ0n) is 27.3. The molecular weight excluding hydrogens is 568 g/mol. The van der Waals surface area contributed by atoms with Crippen LogP contribution in [-0.2, 0) is 14.9 Å². The van der Waals surface area contributed by atoms with Crippen molar-refractivity contribution in [3.63, 3.8) is 0 Å². The van der Waals surface area contributed by atoms with E-state index in [1.165, 1.54) is 16.3 Å². The molecule has 0 aliphatic heterocycles. The van der Waals surface area contributed by atoms with Gasteiger partial charge in [0.1, 0.15) is 6.10 Å². The standard InChI is InChI=1S/C41H46N2O3/c1-5-41(43-38(44)33-18-10-7-11-19-33,25-14-26-42-29-31-15-8-6-9-16-31)39(45)46-37-27-30(2)21-24-36(37)40(3,4)35-23-22-32-17-12-13-20-34(32)28-35/h5-13,15-20,22-23,28-30,36-37H,1,14,21,24-27H2,2-4H3,(H,43,44)/t30-,36-,37-,41+/m1/s1. The fourth-order valence-corrected chi connectivity index (χ4v) is 6.81. The predicted octanol–water partition coefficient (Wildman–Crippen LogP) is 8.72. The van der Waals surface area contributed by atoms with Gasteiger partial charge in [-0.25, -0.2) is 4.79 Å². The number of hydrogen-bond acceptors (Lipinski definition) is 4. The fraction of sp³-hybridized carbons (Fsp3) is 0.341. The van der Waals surface area contributed by atoms with Gasteiger partial charge in [-0.05, 0) is 71.0 Å². The van der Waals surface area contributed by atoms with Gasteiger partial charge in [-0.1, -0.05) is 124 Å². The molecule has 238 valence electrons. The lowest BCUT2D eigenvalue weighted by atomic mass is 9.64. The monoisotopic (exact) mass is 614 g/mol. The van der Waals surface area contributed by atoms with Crippen molar-refractivity contribution < 1.29 is 14.3 Å². The van der Waals surface area contributed by atoms with E-state index in [4.69, 9.17) is 4.74 Å².